The van der Waals surface area contributed by atoms with Gasteiger partial charge in [0.1, 0.15) is 0 Å². The Balaban J connectivity index is 2.82. The van der Waals surface area contributed by atoms with Crippen LogP contribution in [0.3, 0.4) is 0 Å². The summed E-state index contributed by atoms with van der Waals surface area (Å²) in [5, 5.41) is 0. The van der Waals surface area contributed by atoms with Crippen LogP contribution in [-0.4, -0.2) is 43.2 Å². The zero-order chi connectivity index (χ0) is 13.8. The van der Waals surface area contributed by atoms with Gasteiger partial charge in [0.2, 0.25) is 0 Å². The monoisotopic (exact) mass is 276 g/mol. The average Bonchev–Trinajstić information content (AvgIpc) is 2.27. The molecule has 1 aliphatic rings. The molecule has 2 atom stereocenters. The fraction of sp³-hybridized carbons (Fsp3) is 1.00. The quantitative estimate of drug-likeness (QED) is 0.747. The number of hydrogen-bond acceptors (Lipinski definition) is 2. The van der Waals surface area contributed by atoms with Crippen molar-refractivity contribution in [2.45, 2.75) is 47.0 Å². The van der Waals surface area contributed by atoms with Gasteiger partial charge in [-0.25, -0.2) is 0 Å². The first kappa shape index (κ1) is 15.9. The van der Waals surface area contributed by atoms with Gasteiger partial charge in [0.05, 0.1) is 0 Å². The van der Waals surface area contributed by atoms with E-state index in [0.717, 1.165) is 19.3 Å². The summed E-state index contributed by atoms with van der Waals surface area (Å²) >= 11 is 0. The molecule has 0 bridgehead atoms. The van der Waals surface area contributed by atoms with Crippen molar-refractivity contribution in [2.75, 3.05) is 26.2 Å². The minimum absolute atomic E-state index is 0.466. The summed E-state index contributed by atoms with van der Waals surface area (Å²) in [5.41, 5.74) is 0. The Kier molecular flexibility index (Phi) is 6.08. The molecule has 1 rings (SSSR count). The van der Waals surface area contributed by atoms with Crippen LogP contribution in [0.4, 0.5) is 0 Å². The molecule has 0 saturated carbocycles. The van der Waals surface area contributed by atoms with Crippen molar-refractivity contribution in [1.82, 2.24) is 8.61 Å². The Morgan fingerprint density at radius 2 is 1.50 bits per heavy atom. The summed E-state index contributed by atoms with van der Waals surface area (Å²) in [7, 11) is -3.25. The van der Waals surface area contributed by atoms with E-state index in [-0.39, 0.29) is 0 Å². The zero-order valence-electron chi connectivity index (χ0n) is 12.2. The molecule has 1 aliphatic heterocycles. The number of nitrogens with zero attached hydrogens (tertiary/aromatic N) is 2. The number of piperidine rings is 1. The van der Waals surface area contributed by atoms with Gasteiger partial charge in [-0.2, -0.15) is 17.0 Å². The highest BCUT2D eigenvalue weighted by molar-refractivity contribution is 7.86. The van der Waals surface area contributed by atoms with Crippen LogP contribution in [0.2, 0.25) is 0 Å². The smallest absolute Gasteiger partial charge is 0.195 e. The van der Waals surface area contributed by atoms with Crippen LogP contribution in [0.25, 0.3) is 0 Å². The lowest BCUT2D eigenvalue weighted by molar-refractivity contribution is 0.208. The van der Waals surface area contributed by atoms with Crippen LogP contribution in [0.5, 0.6) is 0 Å². The van der Waals surface area contributed by atoms with E-state index in [1.54, 1.807) is 8.61 Å². The van der Waals surface area contributed by atoms with Crippen molar-refractivity contribution >= 4 is 10.2 Å². The van der Waals surface area contributed by atoms with Crippen LogP contribution in [0.1, 0.15) is 47.0 Å². The number of hydrogen-bond donors (Lipinski definition) is 0. The lowest BCUT2D eigenvalue weighted by Gasteiger charge is -2.37. The maximum atomic E-state index is 12.6. The largest absolute Gasteiger partial charge is 0.281 e. The van der Waals surface area contributed by atoms with Gasteiger partial charge in [-0.15, -0.1) is 0 Å². The van der Waals surface area contributed by atoms with E-state index in [1.807, 2.05) is 13.8 Å². The summed E-state index contributed by atoms with van der Waals surface area (Å²) in [6.07, 6.45) is 2.88. The molecule has 108 valence electrons. The Morgan fingerprint density at radius 3 is 1.89 bits per heavy atom. The van der Waals surface area contributed by atoms with Crippen LogP contribution in [0.15, 0.2) is 0 Å². The van der Waals surface area contributed by atoms with Crippen LogP contribution >= 0.6 is 0 Å². The highest BCUT2D eigenvalue weighted by Crippen LogP contribution is 2.24. The molecule has 0 aliphatic carbocycles. The molecule has 0 N–H and O–H groups in total. The molecule has 18 heavy (non-hydrogen) atoms. The molecule has 5 heteroatoms. The maximum Gasteiger partial charge on any atom is 0.281 e. The second-order valence-electron chi connectivity index (χ2n) is 5.67. The molecule has 0 aromatic carbocycles. The summed E-state index contributed by atoms with van der Waals surface area (Å²) in [5.74, 6) is 0.933. The third-order valence-corrected chi connectivity index (χ3v) is 5.40. The molecule has 1 saturated heterocycles. The summed E-state index contributed by atoms with van der Waals surface area (Å²) in [6.45, 7) is 11.0. The van der Waals surface area contributed by atoms with Crippen LogP contribution in [0, 0.1) is 11.8 Å². The summed E-state index contributed by atoms with van der Waals surface area (Å²) in [4.78, 5) is 0. The molecule has 0 radical (unpaired) electrons. The predicted octanol–water partition coefficient (Wildman–Crippen LogP) is 2.33. The van der Waals surface area contributed by atoms with Gasteiger partial charge in [0.15, 0.2) is 0 Å². The molecule has 2 unspecified atom stereocenters. The van der Waals surface area contributed by atoms with Crippen LogP contribution in [-0.2, 0) is 10.2 Å². The van der Waals surface area contributed by atoms with Gasteiger partial charge in [0, 0.05) is 26.2 Å². The molecular formula is C13H28N2O2S. The van der Waals surface area contributed by atoms with Crippen molar-refractivity contribution < 1.29 is 8.42 Å². The van der Waals surface area contributed by atoms with Gasteiger partial charge in [-0.3, -0.25) is 0 Å². The SMILES string of the molecule is CCCN(CCC)S(=O)(=O)N1CC(C)CC(C)C1. The molecule has 1 fully saturated rings. The Bertz CT molecular complexity index is 327. The van der Waals surface area contributed by atoms with Gasteiger partial charge in [-0.05, 0) is 31.1 Å². The van der Waals surface area contributed by atoms with E-state index in [1.165, 1.54) is 0 Å². The topological polar surface area (TPSA) is 40.6 Å². The van der Waals surface area contributed by atoms with Gasteiger partial charge in [0.25, 0.3) is 10.2 Å². The predicted molar refractivity (Wildman–Crippen MR) is 75.6 cm³/mol. The molecule has 0 aromatic heterocycles. The second-order valence-corrected chi connectivity index (χ2v) is 7.60. The third-order valence-electron chi connectivity index (χ3n) is 3.43. The fourth-order valence-corrected chi connectivity index (χ4v) is 4.84. The highest BCUT2D eigenvalue weighted by atomic mass is 32.2. The second kappa shape index (κ2) is 6.87. The van der Waals surface area contributed by atoms with Crippen molar-refractivity contribution in [3.8, 4) is 0 Å². The van der Waals surface area contributed by atoms with Gasteiger partial charge in [-0.1, -0.05) is 27.7 Å². The first-order chi connectivity index (χ1) is 8.41. The van der Waals surface area contributed by atoms with E-state index in [9.17, 15) is 8.42 Å². The normalized spacial score (nSPS) is 26.7. The summed E-state index contributed by atoms with van der Waals surface area (Å²) < 4.78 is 28.6. The van der Waals surface area contributed by atoms with E-state index >= 15 is 0 Å². The molecule has 4 nitrogen and oxygen atoms in total. The minimum Gasteiger partial charge on any atom is -0.195 e. The molecule has 0 amide bonds. The Labute approximate surface area is 113 Å². The van der Waals surface area contributed by atoms with Gasteiger partial charge < -0.3 is 0 Å². The van der Waals surface area contributed by atoms with E-state index in [2.05, 4.69) is 13.8 Å². The lowest BCUT2D eigenvalue weighted by atomic mass is 9.94. The van der Waals surface area contributed by atoms with Crippen molar-refractivity contribution in [3.05, 3.63) is 0 Å². The minimum atomic E-state index is -3.25. The average molecular weight is 276 g/mol. The third kappa shape index (κ3) is 3.93. The van der Waals surface area contributed by atoms with Gasteiger partial charge >= 0.3 is 0 Å². The van der Waals surface area contributed by atoms with Crippen molar-refractivity contribution in [2.24, 2.45) is 11.8 Å². The van der Waals surface area contributed by atoms with Crippen molar-refractivity contribution in [3.63, 3.8) is 0 Å². The first-order valence-corrected chi connectivity index (χ1v) is 8.56. The first-order valence-electron chi connectivity index (χ1n) is 7.17. The van der Waals surface area contributed by atoms with E-state index < -0.39 is 10.2 Å². The van der Waals surface area contributed by atoms with Crippen LogP contribution < -0.4 is 0 Å². The highest BCUT2D eigenvalue weighted by Gasteiger charge is 2.33. The Morgan fingerprint density at radius 1 is 1.06 bits per heavy atom. The maximum absolute atomic E-state index is 12.6. The van der Waals surface area contributed by atoms with E-state index in [4.69, 9.17) is 0 Å². The molecule has 1 heterocycles. The standard InChI is InChI=1S/C13H28N2O2S/c1-5-7-14(8-6-2)18(16,17)15-10-12(3)9-13(4)11-15/h12-13H,5-11H2,1-4H3. The number of rotatable bonds is 6. The van der Waals surface area contributed by atoms with Crippen molar-refractivity contribution in [1.29, 1.82) is 0 Å². The lowest BCUT2D eigenvalue weighted by Crippen LogP contribution is -2.49. The zero-order valence-corrected chi connectivity index (χ0v) is 13.0. The van der Waals surface area contributed by atoms with E-state index in [0.29, 0.717) is 38.0 Å². The molecule has 0 spiro atoms. The fourth-order valence-electron chi connectivity index (χ4n) is 2.80. The molecule has 0 aromatic rings. The Hall–Kier alpha value is -0.130. The summed E-state index contributed by atoms with van der Waals surface area (Å²) in [6, 6.07) is 0. The molecular weight excluding hydrogens is 248 g/mol.